The second-order valence-electron chi connectivity index (χ2n) is 7.74. The lowest BCUT2D eigenvalue weighted by Gasteiger charge is -2.29. The van der Waals surface area contributed by atoms with Crippen molar-refractivity contribution >= 4 is 28.4 Å². The number of H-pyrrole nitrogens is 2. The van der Waals surface area contributed by atoms with E-state index in [1.165, 1.54) is 12.3 Å². The van der Waals surface area contributed by atoms with Gasteiger partial charge in [-0.05, 0) is 30.9 Å². The molecule has 3 aromatic heterocycles. The van der Waals surface area contributed by atoms with Gasteiger partial charge >= 0.3 is 0 Å². The van der Waals surface area contributed by atoms with Crippen molar-refractivity contribution in [2.75, 3.05) is 5.32 Å². The summed E-state index contributed by atoms with van der Waals surface area (Å²) >= 11 is 0. The van der Waals surface area contributed by atoms with E-state index in [4.69, 9.17) is 0 Å². The fourth-order valence-corrected chi connectivity index (χ4v) is 3.48. The van der Waals surface area contributed by atoms with Crippen molar-refractivity contribution in [1.29, 1.82) is 0 Å². The van der Waals surface area contributed by atoms with Crippen molar-refractivity contribution in [1.82, 2.24) is 20.2 Å². The molecule has 0 spiro atoms. The first kappa shape index (κ1) is 17.1. The number of hydrogen-bond acceptors (Lipinski definition) is 5. The number of nitrogens with one attached hydrogen (secondary N) is 3. The highest BCUT2D eigenvalue weighted by molar-refractivity contribution is 6.07. The van der Waals surface area contributed by atoms with E-state index in [9.17, 15) is 14.4 Å². The van der Waals surface area contributed by atoms with Gasteiger partial charge in [0.15, 0.2) is 11.4 Å². The Bertz CT molecular complexity index is 1160. The van der Waals surface area contributed by atoms with Crippen LogP contribution in [0.4, 0.5) is 5.69 Å². The van der Waals surface area contributed by atoms with Crippen molar-refractivity contribution in [3.63, 3.8) is 0 Å². The van der Waals surface area contributed by atoms with E-state index in [1.54, 1.807) is 6.07 Å². The first-order chi connectivity index (χ1) is 12.7. The Hall–Kier alpha value is -3.29. The quantitative estimate of drug-likeness (QED) is 0.644. The van der Waals surface area contributed by atoms with Crippen molar-refractivity contribution in [3.05, 3.63) is 51.2 Å². The van der Waals surface area contributed by atoms with Crippen molar-refractivity contribution in [2.45, 2.75) is 33.6 Å². The van der Waals surface area contributed by atoms with Crippen LogP contribution in [0.25, 0.3) is 11.0 Å². The summed E-state index contributed by atoms with van der Waals surface area (Å²) in [6, 6.07) is 3.13. The summed E-state index contributed by atoms with van der Waals surface area (Å²) in [7, 11) is 0. The third-order valence-electron chi connectivity index (χ3n) is 4.82. The number of aromatic nitrogens is 4. The van der Waals surface area contributed by atoms with E-state index in [2.05, 4.69) is 25.5 Å². The molecule has 0 radical (unpaired) electrons. The molecule has 4 rings (SSSR count). The standard InChI is InChI=1S/C19H19N5O3/c1-9-11-4-10(8-20-16(11)24-23-9)21-17(26)13-5-12-14(22-18(13)27)6-19(2,3)7-15(12)25/h4-5,8H,6-7H2,1-3H3,(H,21,26)(H,22,27)(H,20,23,24). The number of aryl methyl sites for hydroxylation is 1. The molecule has 27 heavy (non-hydrogen) atoms. The highest BCUT2D eigenvalue weighted by atomic mass is 16.2. The molecule has 0 saturated heterocycles. The molecule has 0 aliphatic heterocycles. The topological polar surface area (TPSA) is 121 Å². The second-order valence-corrected chi connectivity index (χ2v) is 7.74. The minimum atomic E-state index is -0.584. The van der Waals surface area contributed by atoms with Gasteiger partial charge in [-0.2, -0.15) is 5.10 Å². The van der Waals surface area contributed by atoms with Gasteiger partial charge in [0.25, 0.3) is 11.5 Å². The number of anilines is 1. The molecule has 138 valence electrons. The molecule has 1 aliphatic rings. The Morgan fingerprint density at radius 1 is 1.22 bits per heavy atom. The first-order valence-corrected chi connectivity index (χ1v) is 8.65. The lowest BCUT2D eigenvalue weighted by Crippen LogP contribution is -2.32. The van der Waals surface area contributed by atoms with E-state index in [0.29, 0.717) is 35.4 Å². The summed E-state index contributed by atoms with van der Waals surface area (Å²) < 4.78 is 0. The van der Waals surface area contributed by atoms with Crippen LogP contribution in [0.15, 0.2) is 23.1 Å². The Kier molecular flexibility index (Phi) is 3.73. The number of carbonyl (C=O) groups excluding carboxylic acids is 2. The highest BCUT2D eigenvalue weighted by Crippen LogP contribution is 2.33. The van der Waals surface area contributed by atoms with Crippen LogP contribution in [0, 0.1) is 12.3 Å². The molecule has 3 aromatic rings. The van der Waals surface area contributed by atoms with Gasteiger partial charge < -0.3 is 10.3 Å². The van der Waals surface area contributed by atoms with Gasteiger partial charge in [0, 0.05) is 28.8 Å². The van der Waals surface area contributed by atoms with Crippen LogP contribution < -0.4 is 10.9 Å². The molecule has 8 heteroatoms. The smallest absolute Gasteiger partial charge is 0.261 e. The molecular formula is C19H19N5O3. The van der Waals surface area contributed by atoms with Gasteiger partial charge in [-0.3, -0.25) is 19.5 Å². The molecule has 0 bridgehead atoms. The predicted molar refractivity (Wildman–Crippen MR) is 100 cm³/mol. The SMILES string of the molecule is Cc1[nH]nc2ncc(NC(=O)c3cc4c([nH]c3=O)CC(C)(C)CC4=O)cc12. The maximum atomic E-state index is 12.6. The summed E-state index contributed by atoms with van der Waals surface area (Å²) in [4.78, 5) is 44.3. The number of Topliss-reactive ketones (excluding diaryl/α,β-unsaturated/α-hetero) is 1. The molecule has 8 nitrogen and oxygen atoms in total. The fourth-order valence-electron chi connectivity index (χ4n) is 3.48. The zero-order chi connectivity index (χ0) is 19.3. The number of rotatable bonds is 2. The van der Waals surface area contributed by atoms with Gasteiger partial charge in [-0.15, -0.1) is 0 Å². The third-order valence-corrected chi connectivity index (χ3v) is 4.82. The number of ketones is 1. The molecule has 0 fully saturated rings. The number of hydrogen-bond donors (Lipinski definition) is 3. The van der Waals surface area contributed by atoms with Gasteiger partial charge in [-0.25, -0.2) is 4.98 Å². The van der Waals surface area contributed by atoms with E-state index < -0.39 is 11.5 Å². The molecule has 0 atom stereocenters. The minimum Gasteiger partial charge on any atom is -0.325 e. The summed E-state index contributed by atoms with van der Waals surface area (Å²) in [6.45, 7) is 5.81. The van der Waals surface area contributed by atoms with Crippen LogP contribution in [0.5, 0.6) is 0 Å². The van der Waals surface area contributed by atoms with Gasteiger partial charge in [0.1, 0.15) is 5.56 Å². The Morgan fingerprint density at radius 2 is 2.00 bits per heavy atom. The van der Waals surface area contributed by atoms with E-state index in [1.807, 2.05) is 20.8 Å². The lowest BCUT2D eigenvalue weighted by molar-refractivity contribution is 0.0910. The van der Waals surface area contributed by atoms with Gasteiger partial charge in [-0.1, -0.05) is 13.8 Å². The number of amides is 1. The molecule has 0 aromatic carbocycles. The van der Waals surface area contributed by atoms with Crippen LogP contribution in [0.2, 0.25) is 0 Å². The first-order valence-electron chi connectivity index (χ1n) is 8.65. The number of fused-ring (bicyclic) bond motifs is 2. The molecular weight excluding hydrogens is 346 g/mol. The van der Waals surface area contributed by atoms with Crippen molar-refractivity contribution in [2.24, 2.45) is 5.41 Å². The number of carbonyl (C=O) groups is 2. The van der Waals surface area contributed by atoms with Crippen LogP contribution in [0.3, 0.4) is 0 Å². The van der Waals surface area contributed by atoms with E-state index >= 15 is 0 Å². The number of nitrogens with zero attached hydrogens (tertiary/aromatic N) is 2. The number of aromatic amines is 2. The maximum absolute atomic E-state index is 12.6. The summed E-state index contributed by atoms with van der Waals surface area (Å²) in [5.41, 5.74) is 2.02. The summed E-state index contributed by atoms with van der Waals surface area (Å²) in [6.07, 6.45) is 2.44. The van der Waals surface area contributed by atoms with Crippen molar-refractivity contribution in [3.8, 4) is 0 Å². The summed E-state index contributed by atoms with van der Waals surface area (Å²) in [5.74, 6) is -0.650. The Morgan fingerprint density at radius 3 is 2.78 bits per heavy atom. The van der Waals surface area contributed by atoms with Gasteiger partial charge in [0.2, 0.25) is 0 Å². The molecule has 3 N–H and O–H groups in total. The molecule has 1 aliphatic carbocycles. The monoisotopic (exact) mass is 365 g/mol. The molecule has 3 heterocycles. The van der Waals surface area contributed by atoms with Crippen LogP contribution in [-0.4, -0.2) is 31.9 Å². The average molecular weight is 365 g/mol. The third kappa shape index (κ3) is 3.03. The second kappa shape index (κ2) is 5.87. The molecule has 0 saturated carbocycles. The minimum absolute atomic E-state index is 0.0661. The highest BCUT2D eigenvalue weighted by Gasteiger charge is 2.32. The zero-order valence-corrected chi connectivity index (χ0v) is 15.3. The predicted octanol–water partition coefficient (Wildman–Crippen LogP) is 2.36. The van der Waals surface area contributed by atoms with Crippen molar-refractivity contribution < 1.29 is 9.59 Å². The Balaban J connectivity index is 1.67. The molecule has 1 amide bonds. The lowest BCUT2D eigenvalue weighted by atomic mass is 9.75. The normalized spacial score (nSPS) is 15.6. The van der Waals surface area contributed by atoms with E-state index in [0.717, 1.165) is 11.1 Å². The van der Waals surface area contributed by atoms with Crippen LogP contribution >= 0.6 is 0 Å². The maximum Gasteiger partial charge on any atom is 0.261 e. The van der Waals surface area contributed by atoms with Gasteiger partial charge in [0.05, 0.1) is 11.9 Å². The Labute approximate surface area is 154 Å². The molecule has 0 unspecified atom stereocenters. The number of pyridine rings is 2. The largest absolute Gasteiger partial charge is 0.325 e. The zero-order valence-electron chi connectivity index (χ0n) is 15.3. The van der Waals surface area contributed by atoms with Crippen LogP contribution in [-0.2, 0) is 6.42 Å². The van der Waals surface area contributed by atoms with E-state index in [-0.39, 0.29) is 16.8 Å². The fraction of sp³-hybridized carbons (Fsp3) is 0.316. The summed E-state index contributed by atoms with van der Waals surface area (Å²) in [5, 5.41) is 10.3. The average Bonchev–Trinajstić information content (AvgIpc) is 2.94. The van der Waals surface area contributed by atoms with Crippen LogP contribution in [0.1, 0.15) is 52.4 Å².